The first-order valence-electron chi connectivity index (χ1n) is 10.5. The Hall–Kier alpha value is -3.15. The summed E-state index contributed by atoms with van der Waals surface area (Å²) in [6, 6.07) is 21.2. The normalized spacial score (nSPS) is 28.9. The van der Waals surface area contributed by atoms with Gasteiger partial charge in [-0.05, 0) is 46.5 Å². The smallest absolute Gasteiger partial charge is 0.337 e. The number of ether oxygens (including phenoxy) is 1. The van der Waals surface area contributed by atoms with Crippen molar-refractivity contribution in [3.63, 3.8) is 0 Å². The molecule has 1 saturated heterocycles. The fourth-order valence-corrected chi connectivity index (χ4v) is 6.88. The van der Waals surface area contributed by atoms with Crippen LogP contribution in [0.2, 0.25) is 0 Å². The molecular weight excluding hydrogens is 461 g/mol. The number of benzene rings is 3. The van der Waals surface area contributed by atoms with Crippen LogP contribution in [0.3, 0.4) is 0 Å². The van der Waals surface area contributed by atoms with Crippen LogP contribution >= 0.6 is 23.2 Å². The van der Waals surface area contributed by atoms with Crippen LogP contribution in [0.1, 0.15) is 32.6 Å². The second-order valence-corrected chi connectivity index (χ2v) is 9.71. The van der Waals surface area contributed by atoms with Crippen molar-refractivity contribution in [2.45, 2.75) is 9.75 Å². The molecule has 4 aliphatic rings. The predicted molar refractivity (Wildman–Crippen MR) is 123 cm³/mol. The third-order valence-corrected chi connectivity index (χ3v) is 8.42. The zero-order chi connectivity index (χ0) is 23.1. The van der Waals surface area contributed by atoms with E-state index >= 15 is 0 Å². The molecule has 0 spiro atoms. The van der Waals surface area contributed by atoms with Crippen LogP contribution in [0, 0.1) is 11.8 Å². The molecule has 0 radical (unpaired) electrons. The lowest BCUT2D eigenvalue weighted by molar-refractivity contribution is -0.122. The first-order chi connectivity index (χ1) is 15.8. The minimum atomic E-state index is -1.22. The van der Waals surface area contributed by atoms with Gasteiger partial charge in [0.15, 0.2) is 0 Å². The third kappa shape index (κ3) is 2.31. The van der Waals surface area contributed by atoms with Crippen LogP contribution in [-0.2, 0) is 24.1 Å². The van der Waals surface area contributed by atoms with Crippen molar-refractivity contribution in [1.82, 2.24) is 0 Å². The summed E-state index contributed by atoms with van der Waals surface area (Å²) in [6.07, 6.45) is 0. The lowest BCUT2D eigenvalue weighted by atomic mass is 9.54. The van der Waals surface area contributed by atoms with E-state index in [9.17, 15) is 14.4 Å². The topological polar surface area (TPSA) is 63.7 Å². The number of esters is 1. The van der Waals surface area contributed by atoms with Crippen molar-refractivity contribution in [3.8, 4) is 0 Å². The molecule has 3 aliphatic carbocycles. The zero-order valence-corrected chi connectivity index (χ0v) is 18.9. The first kappa shape index (κ1) is 20.5. The van der Waals surface area contributed by atoms with E-state index in [1.165, 1.54) is 19.2 Å². The van der Waals surface area contributed by atoms with E-state index in [1.54, 1.807) is 12.1 Å². The van der Waals surface area contributed by atoms with Crippen molar-refractivity contribution in [2.24, 2.45) is 11.8 Å². The summed E-state index contributed by atoms with van der Waals surface area (Å²) in [5, 5.41) is 0. The summed E-state index contributed by atoms with van der Waals surface area (Å²) in [4.78, 5) is 38.2. The van der Waals surface area contributed by atoms with Crippen molar-refractivity contribution >= 4 is 46.7 Å². The Bertz CT molecular complexity index is 1250. The highest BCUT2D eigenvalue weighted by atomic mass is 35.5. The predicted octanol–water partition coefficient (Wildman–Crippen LogP) is 4.57. The Morgan fingerprint density at radius 3 is 1.52 bits per heavy atom. The molecule has 0 aromatic heterocycles. The molecule has 164 valence electrons. The van der Waals surface area contributed by atoms with Gasteiger partial charge in [0.05, 0.1) is 30.2 Å². The molecule has 3 aromatic rings. The van der Waals surface area contributed by atoms with Crippen LogP contribution in [0.5, 0.6) is 0 Å². The van der Waals surface area contributed by atoms with Crippen LogP contribution < -0.4 is 4.90 Å². The molecule has 1 heterocycles. The summed E-state index contributed by atoms with van der Waals surface area (Å²) in [5.74, 6) is -3.04. The second kappa shape index (κ2) is 6.69. The van der Waals surface area contributed by atoms with Crippen LogP contribution in [0.4, 0.5) is 5.69 Å². The maximum absolute atomic E-state index is 13.9. The summed E-state index contributed by atoms with van der Waals surface area (Å²) in [7, 11) is 1.29. The monoisotopic (exact) mass is 477 g/mol. The van der Waals surface area contributed by atoms with Crippen molar-refractivity contribution in [1.29, 1.82) is 0 Å². The number of amides is 2. The largest absolute Gasteiger partial charge is 0.465 e. The van der Waals surface area contributed by atoms with Gasteiger partial charge in [-0.15, -0.1) is 23.2 Å². The Kier molecular flexibility index (Phi) is 4.14. The number of carbonyl (C=O) groups excluding carboxylic acids is 3. The average Bonchev–Trinajstić information content (AvgIpc) is 3.13. The molecule has 1 aliphatic heterocycles. The number of nitrogens with zero attached hydrogens (tertiary/aromatic N) is 1. The lowest BCUT2D eigenvalue weighted by Gasteiger charge is -2.54. The molecule has 0 saturated carbocycles. The number of anilines is 1. The van der Waals surface area contributed by atoms with Gasteiger partial charge in [-0.1, -0.05) is 48.5 Å². The second-order valence-electron chi connectivity index (χ2n) is 8.52. The van der Waals surface area contributed by atoms with E-state index in [0.717, 1.165) is 27.2 Å². The number of imide groups is 1. The van der Waals surface area contributed by atoms with Crippen LogP contribution in [0.15, 0.2) is 72.8 Å². The average molecular weight is 478 g/mol. The maximum Gasteiger partial charge on any atom is 0.337 e. The maximum atomic E-state index is 13.9. The SMILES string of the molecule is COC(=O)c1ccc(N2C(=O)[C@@H]3[C@H](C2=O)C2(Cl)c4ccccc4C3(Cl)c3ccccc32)cc1. The molecule has 2 amide bonds. The molecule has 2 atom stereocenters. The van der Waals surface area contributed by atoms with Gasteiger partial charge >= 0.3 is 5.97 Å². The highest BCUT2D eigenvalue weighted by molar-refractivity contribution is 6.38. The number of alkyl halides is 2. The molecule has 0 unspecified atom stereocenters. The third-order valence-electron chi connectivity index (χ3n) is 7.13. The van der Waals surface area contributed by atoms with Crippen molar-refractivity contribution < 1.29 is 19.1 Å². The molecule has 1 fully saturated rings. The number of methoxy groups -OCH3 is 1. The van der Waals surface area contributed by atoms with Crippen molar-refractivity contribution in [3.05, 3.63) is 101 Å². The fourth-order valence-electron chi connectivity index (χ4n) is 5.79. The number of carbonyl (C=O) groups is 3. The lowest BCUT2D eigenvalue weighted by Crippen LogP contribution is -2.57. The summed E-state index contributed by atoms with van der Waals surface area (Å²) >= 11 is 14.8. The van der Waals surface area contributed by atoms with Crippen LogP contribution in [0.25, 0.3) is 0 Å². The molecule has 5 nitrogen and oxygen atoms in total. The van der Waals surface area contributed by atoms with E-state index in [-0.39, 0.29) is 0 Å². The van der Waals surface area contributed by atoms with Gasteiger partial charge in [0.1, 0.15) is 9.75 Å². The van der Waals surface area contributed by atoms with E-state index in [4.69, 9.17) is 27.9 Å². The Labute approximate surface area is 199 Å². The fraction of sp³-hybridized carbons (Fsp3) is 0.192. The highest BCUT2D eigenvalue weighted by Gasteiger charge is 2.73. The Balaban J connectivity index is 1.56. The van der Waals surface area contributed by atoms with Gasteiger partial charge in [0, 0.05) is 0 Å². The molecular formula is C26H17Cl2NO4. The molecule has 2 bridgehead atoms. The van der Waals surface area contributed by atoms with Crippen molar-refractivity contribution in [2.75, 3.05) is 12.0 Å². The standard InChI is InChI=1S/C26H17Cl2NO4/c1-33-24(32)14-10-12-15(13-11-14)29-22(30)20-21(23(29)31)26(28)17-7-3-2-6-16(17)25(20,27)18-8-4-5-9-19(18)26/h2-13,20-21H,1H3/t20-,21+,25?,26?. The molecule has 0 N–H and O–H groups in total. The van der Waals surface area contributed by atoms with E-state index in [0.29, 0.717) is 11.3 Å². The molecule has 7 heteroatoms. The molecule has 33 heavy (non-hydrogen) atoms. The minimum absolute atomic E-state index is 0.320. The quantitative estimate of drug-likeness (QED) is 0.308. The zero-order valence-electron chi connectivity index (χ0n) is 17.4. The van der Waals surface area contributed by atoms with Gasteiger partial charge in [0.2, 0.25) is 11.8 Å². The van der Waals surface area contributed by atoms with Gasteiger partial charge in [-0.2, -0.15) is 0 Å². The van der Waals surface area contributed by atoms with Gasteiger partial charge in [-0.25, -0.2) is 9.69 Å². The van der Waals surface area contributed by atoms with Crippen LogP contribution in [-0.4, -0.2) is 24.9 Å². The number of hydrogen-bond donors (Lipinski definition) is 0. The minimum Gasteiger partial charge on any atom is -0.465 e. The van der Waals surface area contributed by atoms with Gasteiger partial charge in [0.25, 0.3) is 0 Å². The van der Waals surface area contributed by atoms with E-state index in [1.807, 2.05) is 48.5 Å². The molecule has 7 rings (SSSR count). The summed E-state index contributed by atoms with van der Waals surface area (Å²) in [5.41, 5.74) is 3.70. The summed E-state index contributed by atoms with van der Waals surface area (Å²) < 4.78 is 4.73. The number of hydrogen-bond acceptors (Lipinski definition) is 4. The number of rotatable bonds is 2. The Morgan fingerprint density at radius 2 is 1.15 bits per heavy atom. The van der Waals surface area contributed by atoms with E-state index < -0.39 is 39.4 Å². The number of halogens is 2. The first-order valence-corrected chi connectivity index (χ1v) is 11.2. The highest BCUT2D eigenvalue weighted by Crippen LogP contribution is 2.69. The van der Waals surface area contributed by atoms with E-state index in [2.05, 4.69) is 0 Å². The summed E-state index contributed by atoms with van der Waals surface area (Å²) in [6.45, 7) is 0. The van der Waals surface area contributed by atoms with Gasteiger partial charge in [-0.3, -0.25) is 9.59 Å². The Morgan fingerprint density at radius 1 is 0.758 bits per heavy atom. The van der Waals surface area contributed by atoms with Gasteiger partial charge < -0.3 is 4.74 Å². The molecule has 3 aromatic carbocycles.